The van der Waals surface area contributed by atoms with E-state index >= 15 is 0 Å². The van der Waals surface area contributed by atoms with E-state index in [1.807, 2.05) is 6.07 Å². The molecule has 0 amide bonds. The summed E-state index contributed by atoms with van der Waals surface area (Å²) in [5, 5.41) is 0. The van der Waals surface area contributed by atoms with Crippen LogP contribution in [0.1, 0.15) is 42.4 Å². The number of rotatable bonds is 10. The van der Waals surface area contributed by atoms with Crippen molar-refractivity contribution in [1.29, 1.82) is 0 Å². The quantitative estimate of drug-likeness (QED) is 0.571. The number of likely N-dealkylation sites (tertiary alicyclic amines) is 1. The normalized spacial score (nSPS) is 21.3. The molecule has 2 unspecified atom stereocenters. The summed E-state index contributed by atoms with van der Waals surface area (Å²) < 4.78 is 31.7. The molecule has 4 rings (SSSR count). The zero-order chi connectivity index (χ0) is 21.7. The van der Waals surface area contributed by atoms with E-state index in [-0.39, 0.29) is 12.3 Å². The molecule has 2 aromatic carbocycles. The molecule has 1 N–H and O–H groups in total. The monoisotopic (exact) mass is 442 g/mol. The number of sulfonamides is 1. The largest absolute Gasteiger partial charge is 0.492 e. The zero-order valence-corrected chi connectivity index (χ0v) is 19.2. The van der Waals surface area contributed by atoms with Crippen LogP contribution >= 0.6 is 0 Å². The molecular formula is C25H34N2O3S. The van der Waals surface area contributed by atoms with E-state index in [9.17, 15) is 8.42 Å². The van der Waals surface area contributed by atoms with Gasteiger partial charge in [-0.3, -0.25) is 0 Å². The molecule has 6 heteroatoms. The highest BCUT2D eigenvalue weighted by Gasteiger charge is 2.32. The van der Waals surface area contributed by atoms with E-state index in [1.165, 1.54) is 49.2 Å². The molecule has 2 aromatic rings. The van der Waals surface area contributed by atoms with Crippen molar-refractivity contribution in [2.24, 2.45) is 5.92 Å². The zero-order valence-electron chi connectivity index (χ0n) is 18.4. The highest BCUT2D eigenvalue weighted by atomic mass is 32.2. The fourth-order valence-electron chi connectivity index (χ4n) is 4.76. The lowest BCUT2D eigenvalue weighted by molar-refractivity contribution is 0.134. The Morgan fingerprint density at radius 3 is 2.65 bits per heavy atom. The second-order valence-corrected chi connectivity index (χ2v) is 10.9. The number of aryl methyl sites for hydroxylation is 1. The van der Waals surface area contributed by atoms with E-state index in [4.69, 9.17) is 4.74 Å². The number of nitrogens with one attached hydrogen (secondary N) is 1. The first kappa shape index (κ1) is 22.3. The molecule has 0 radical (unpaired) electrons. The lowest BCUT2D eigenvalue weighted by Gasteiger charge is -2.40. The van der Waals surface area contributed by atoms with Gasteiger partial charge in [0, 0.05) is 13.1 Å². The van der Waals surface area contributed by atoms with Crippen LogP contribution in [-0.4, -0.2) is 51.9 Å². The fourth-order valence-corrected chi connectivity index (χ4v) is 5.36. The molecule has 1 fully saturated rings. The molecule has 31 heavy (non-hydrogen) atoms. The average molecular weight is 443 g/mol. The standard InChI is InChI=1S/C25H34N2O3S/c1-2-31(28,29)26-13-16-30-23-12-11-21-9-10-22(19-27-14-6-15-27)24(25(21)18-23)17-20-7-4-3-5-8-20/h3-5,7-8,11-12,18,22,24,26H,2,6,9-10,13-17,19H2,1H3. The molecule has 2 aliphatic rings. The van der Waals surface area contributed by atoms with Crippen molar-refractivity contribution in [2.45, 2.75) is 38.5 Å². The molecular weight excluding hydrogens is 408 g/mol. The second kappa shape index (κ2) is 10.2. The van der Waals surface area contributed by atoms with Crippen LogP contribution in [-0.2, 0) is 22.9 Å². The molecule has 1 aliphatic heterocycles. The number of hydrogen-bond acceptors (Lipinski definition) is 4. The van der Waals surface area contributed by atoms with Crippen LogP contribution in [0.4, 0.5) is 0 Å². The lowest BCUT2D eigenvalue weighted by Crippen LogP contribution is -2.43. The minimum atomic E-state index is -3.18. The van der Waals surface area contributed by atoms with Crippen molar-refractivity contribution < 1.29 is 13.2 Å². The number of ether oxygens (including phenoxy) is 1. The summed E-state index contributed by atoms with van der Waals surface area (Å²) in [5.74, 6) is 2.05. The maximum Gasteiger partial charge on any atom is 0.211 e. The molecule has 5 nitrogen and oxygen atoms in total. The molecule has 2 atom stereocenters. The summed E-state index contributed by atoms with van der Waals surface area (Å²) in [6, 6.07) is 17.2. The van der Waals surface area contributed by atoms with Gasteiger partial charge in [-0.25, -0.2) is 13.1 Å². The Bertz CT molecular complexity index is 958. The van der Waals surface area contributed by atoms with Gasteiger partial charge in [0.15, 0.2) is 0 Å². The Hall–Kier alpha value is -1.89. The van der Waals surface area contributed by atoms with Gasteiger partial charge in [-0.2, -0.15) is 0 Å². The smallest absolute Gasteiger partial charge is 0.211 e. The Kier molecular flexibility index (Phi) is 7.31. The minimum absolute atomic E-state index is 0.0887. The average Bonchev–Trinajstić information content (AvgIpc) is 2.75. The van der Waals surface area contributed by atoms with Crippen LogP contribution < -0.4 is 9.46 Å². The fraction of sp³-hybridized carbons (Fsp3) is 0.520. The third-order valence-corrected chi connectivity index (χ3v) is 8.09. The molecule has 0 spiro atoms. The predicted octanol–water partition coefficient (Wildman–Crippen LogP) is 3.60. The number of fused-ring (bicyclic) bond motifs is 1. The Labute approximate surface area is 186 Å². The van der Waals surface area contributed by atoms with Gasteiger partial charge >= 0.3 is 0 Å². The van der Waals surface area contributed by atoms with Gasteiger partial charge in [-0.15, -0.1) is 0 Å². The van der Waals surface area contributed by atoms with E-state index < -0.39 is 10.0 Å². The maximum absolute atomic E-state index is 11.6. The maximum atomic E-state index is 11.6. The van der Waals surface area contributed by atoms with E-state index in [1.54, 1.807) is 6.92 Å². The van der Waals surface area contributed by atoms with Gasteiger partial charge in [0.25, 0.3) is 0 Å². The topological polar surface area (TPSA) is 58.6 Å². The van der Waals surface area contributed by atoms with E-state index in [0.29, 0.717) is 18.4 Å². The highest BCUT2D eigenvalue weighted by molar-refractivity contribution is 7.89. The van der Waals surface area contributed by atoms with Crippen molar-refractivity contribution in [2.75, 3.05) is 38.5 Å². The third kappa shape index (κ3) is 5.88. The van der Waals surface area contributed by atoms with Crippen molar-refractivity contribution >= 4 is 10.0 Å². The summed E-state index contributed by atoms with van der Waals surface area (Å²) >= 11 is 0. The summed E-state index contributed by atoms with van der Waals surface area (Å²) in [6.07, 6.45) is 4.73. The van der Waals surface area contributed by atoms with Crippen molar-refractivity contribution in [3.05, 3.63) is 65.2 Å². The highest BCUT2D eigenvalue weighted by Crippen LogP contribution is 2.41. The summed E-state index contributed by atoms with van der Waals surface area (Å²) in [6.45, 7) is 5.91. The van der Waals surface area contributed by atoms with Crippen LogP contribution in [0.5, 0.6) is 5.75 Å². The van der Waals surface area contributed by atoms with E-state index in [2.05, 4.69) is 52.1 Å². The Balaban J connectivity index is 1.49. The van der Waals surface area contributed by atoms with Crippen molar-refractivity contribution in [3.63, 3.8) is 0 Å². The number of nitrogens with zero attached hydrogens (tertiary/aromatic N) is 1. The first-order valence-corrected chi connectivity index (χ1v) is 13.2. The molecule has 1 heterocycles. The molecule has 0 bridgehead atoms. The molecule has 0 aromatic heterocycles. The molecule has 0 saturated carbocycles. The van der Waals surface area contributed by atoms with Crippen molar-refractivity contribution in [3.8, 4) is 5.75 Å². The van der Waals surface area contributed by atoms with Crippen LogP contribution in [0.3, 0.4) is 0 Å². The van der Waals surface area contributed by atoms with Crippen LogP contribution in [0.2, 0.25) is 0 Å². The lowest BCUT2D eigenvalue weighted by atomic mass is 9.72. The van der Waals surface area contributed by atoms with Crippen molar-refractivity contribution in [1.82, 2.24) is 9.62 Å². The summed E-state index contributed by atoms with van der Waals surface area (Å²) in [5.41, 5.74) is 4.22. The van der Waals surface area contributed by atoms with Gasteiger partial charge in [0.2, 0.25) is 10.0 Å². The Morgan fingerprint density at radius 1 is 1.13 bits per heavy atom. The third-order valence-electron chi connectivity index (χ3n) is 6.68. The van der Waals surface area contributed by atoms with Gasteiger partial charge in [-0.05, 0) is 86.4 Å². The SMILES string of the molecule is CCS(=O)(=O)NCCOc1ccc2c(c1)C(Cc1ccccc1)C(CN1CCC1)CC2. The molecule has 168 valence electrons. The van der Waals surface area contributed by atoms with Gasteiger partial charge < -0.3 is 9.64 Å². The summed E-state index contributed by atoms with van der Waals surface area (Å²) in [7, 11) is -3.18. The van der Waals surface area contributed by atoms with Gasteiger partial charge in [0.1, 0.15) is 12.4 Å². The predicted molar refractivity (Wildman–Crippen MR) is 125 cm³/mol. The number of hydrogen-bond donors (Lipinski definition) is 1. The van der Waals surface area contributed by atoms with E-state index in [0.717, 1.165) is 18.6 Å². The van der Waals surface area contributed by atoms with Crippen LogP contribution in [0, 0.1) is 5.92 Å². The summed E-state index contributed by atoms with van der Waals surface area (Å²) in [4.78, 5) is 2.59. The van der Waals surface area contributed by atoms with Gasteiger partial charge in [0.05, 0.1) is 5.75 Å². The number of benzene rings is 2. The molecule has 1 aliphatic carbocycles. The minimum Gasteiger partial charge on any atom is -0.492 e. The Morgan fingerprint density at radius 2 is 1.94 bits per heavy atom. The van der Waals surface area contributed by atoms with Gasteiger partial charge in [-0.1, -0.05) is 36.4 Å². The van der Waals surface area contributed by atoms with Crippen LogP contribution in [0.25, 0.3) is 0 Å². The molecule has 1 saturated heterocycles. The second-order valence-electron chi connectivity index (χ2n) is 8.76. The van der Waals surface area contributed by atoms with Crippen LogP contribution in [0.15, 0.2) is 48.5 Å². The first-order valence-electron chi connectivity index (χ1n) is 11.5. The first-order chi connectivity index (χ1) is 15.0.